The molecule has 0 radical (unpaired) electrons. The van der Waals surface area contributed by atoms with E-state index in [4.69, 9.17) is 56.1 Å². The van der Waals surface area contributed by atoms with Crippen molar-refractivity contribution in [1.29, 1.82) is 0 Å². The van der Waals surface area contributed by atoms with Crippen LogP contribution in [-0.4, -0.2) is 36.7 Å². The average molecular weight is 671 g/mol. The van der Waals surface area contributed by atoms with Crippen LogP contribution in [-0.2, 0) is 21.1 Å². The van der Waals surface area contributed by atoms with Gasteiger partial charge in [0.15, 0.2) is 0 Å². The minimum Gasteiger partial charge on any atom is -0.493 e. The van der Waals surface area contributed by atoms with Crippen LogP contribution in [0.1, 0.15) is 58.2 Å². The van der Waals surface area contributed by atoms with Gasteiger partial charge in [-0.3, -0.25) is 14.7 Å². The Kier molecular flexibility index (Phi) is 9.03. The lowest BCUT2D eigenvalue weighted by Crippen LogP contribution is -2.53. The van der Waals surface area contributed by atoms with E-state index in [1.165, 1.54) is 17.0 Å². The number of aliphatic imine (C=N–C) groups is 1. The number of nitrogens with one attached hydrogen (secondary N) is 1. The molecule has 3 aromatic carbocycles. The first kappa shape index (κ1) is 32.6. The molecule has 42 heavy (non-hydrogen) atoms. The predicted molar refractivity (Wildman–Crippen MR) is 170 cm³/mol. The fourth-order valence-corrected chi connectivity index (χ4v) is 7.66. The smallest absolute Gasteiger partial charge is 0.322 e. The number of nitrogens with zero attached hydrogens (tertiary/aromatic N) is 2. The van der Waals surface area contributed by atoms with E-state index in [1.54, 1.807) is 64.1 Å². The maximum Gasteiger partial charge on any atom is 0.322 e. The topological polar surface area (TPSA) is 88.1 Å². The molecule has 7 nitrogen and oxygen atoms in total. The van der Waals surface area contributed by atoms with Crippen molar-refractivity contribution in [2.75, 3.05) is 6.61 Å². The first-order valence-corrected chi connectivity index (χ1v) is 16.1. The molecule has 1 heterocycles. The van der Waals surface area contributed by atoms with Crippen LogP contribution in [0.15, 0.2) is 70.6 Å². The molecule has 12 heteroatoms. The minimum absolute atomic E-state index is 0.0535. The van der Waals surface area contributed by atoms with Crippen molar-refractivity contribution < 1.29 is 17.9 Å². The average Bonchev–Trinajstić information content (AvgIpc) is 3.12. The van der Waals surface area contributed by atoms with E-state index >= 15 is 0 Å². The summed E-state index contributed by atoms with van der Waals surface area (Å²) >= 11 is 25.3. The third kappa shape index (κ3) is 5.90. The fourth-order valence-electron chi connectivity index (χ4n) is 5.19. The Bertz CT molecular complexity index is 1660. The van der Waals surface area contributed by atoms with E-state index in [2.05, 4.69) is 4.72 Å². The summed E-state index contributed by atoms with van der Waals surface area (Å²) in [7, 11) is -4.10. The van der Waals surface area contributed by atoms with E-state index in [-0.39, 0.29) is 33.7 Å². The predicted octanol–water partition coefficient (Wildman–Crippen LogP) is 8.37. The van der Waals surface area contributed by atoms with Crippen LogP contribution >= 0.6 is 46.4 Å². The number of amides is 1. The van der Waals surface area contributed by atoms with Gasteiger partial charge in [-0.05, 0) is 94.6 Å². The van der Waals surface area contributed by atoms with E-state index in [0.29, 0.717) is 15.6 Å². The monoisotopic (exact) mass is 669 g/mol. The number of ether oxygens (including phenoxy) is 1. The molecule has 4 rings (SSSR count). The highest BCUT2D eigenvalue weighted by atomic mass is 35.5. The van der Waals surface area contributed by atoms with E-state index in [0.717, 1.165) is 5.56 Å². The first-order chi connectivity index (χ1) is 19.4. The molecule has 0 bridgehead atoms. The molecular formula is C30H31Cl4N3O4S. The number of benzene rings is 3. The van der Waals surface area contributed by atoms with Crippen molar-refractivity contribution in [2.24, 2.45) is 4.99 Å². The van der Waals surface area contributed by atoms with Gasteiger partial charge in [-0.2, -0.15) is 0 Å². The summed E-state index contributed by atoms with van der Waals surface area (Å²) in [5, 5.41) is 0.150. The number of hydrogen-bond acceptors (Lipinski definition) is 5. The summed E-state index contributed by atoms with van der Waals surface area (Å²) in [5.41, 5.74) is -1.50. The number of sulfonamides is 1. The molecule has 0 aromatic heterocycles. The zero-order valence-electron chi connectivity index (χ0n) is 23.9. The Morgan fingerprint density at radius 2 is 1.48 bits per heavy atom. The molecule has 0 saturated heterocycles. The highest BCUT2D eigenvalue weighted by Crippen LogP contribution is 2.54. The normalized spacial score (nSPS) is 20.9. The molecule has 2 atom stereocenters. The third-order valence-corrected chi connectivity index (χ3v) is 10.1. The number of halogens is 4. The second-order valence-electron chi connectivity index (χ2n) is 11.2. The quantitative estimate of drug-likeness (QED) is 0.202. The van der Waals surface area contributed by atoms with Gasteiger partial charge in [0, 0.05) is 21.7 Å². The minimum atomic E-state index is -4.10. The summed E-state index contributed by atoms with van der Waals surface area (Å²) in [6, 6.07) is 16.9. The molecule has 1 amide bonds. The molecule has 0 spiro atoms. The van der Waals surface area contributed by atoms with Crippen molar-refractivity contribution in [2.45, 2.75) is 63.1 Å². The summed E-state index contributed by atoms with van der Waals surface area (Å²) in [4.78, 5) is 19.7. The Balaban J connectivity index is 2.08. The van der Waals surface area contributed by atoms with Gasteiger partial charge < -0.3 is 4.74 Å². The maximum atomic E-state index is 13.5. The molecule has 3 aromatic rings. The van der Waals surface area contributed by atoms with Gasteiger partial charge in [0.25, 0.3) is 0 Å². The zero-order chi connectivity index (χ0) is 31.3. The summed E-state index contributed by atoms with van der Waals surface area (Å²) in [5.74, 6) is 0.343. The Hall–Kier alpha value is -2.33. The Morgan fingerprint density at radius 1 is 0.952 bits per heavy atom. The number of carbonyl (C=O) groups is 1. The van der Waals surface area contributed by atoms with E-state index in [9.17, 15) is 13.2 Å². The molecule has 1 N–H and O–H groups in total. The number of carbonyl (C=O) groups excluding carboxylic acids is 1. The SMILES string of the molecule is CCOc1cc(Cl)c(S(=O)(=O)NC(C)(C)C)cc1C1=N[C@](C)(c2ccc(Cl)cc2)[C@](C)(c2ccc(Cl)cc2)N1C(=O)Cl. The Labute approximate surface area is 266 Å². The number of hydrogen-bond donors (Lipinski definition) is 1. The lowest BCUT2D eigenvalue weighted by atomic mass is 9.71. The van der Waals surface area contributed by atoms with Gasteiger partial charge in [-0.25, -0.2) is 13.1 Å². The second-order valence-corrected chi connectivity index (χ2v) is 14.5. The van der Waals surface area contributed by atoms with Crippen LogP contribution in [0.5, 0.6) is 5.75 Å². The maximum absolute atomic E-state index is 13.5. The number of rotatable bonds is 7. The van der Waals surface area contributed by atoms with Gasteiger partial charge >= 0.3 is 5.37 Å². The summed E-state index contributed by atoms with van der Waals surface area (Å²) < 4.78 is 35.5. The lowest BCUT2D eigenvalue weighted by Gasteiger charge is -2.44. The van der Waals surface area contributed by atoms with Gasteiger partial charge in [-0.1, -0.05) is 59.1 Å². The van der Waals surface area contributed by atoms with Gasteiger partial charge in [0.2, 0.25) is 10.0 Å². The largest absolute Gasteiger partial charge is 0.493 e. The highest BCUT2D eigenvalue weighted by molar-refractivity contribution is 7.89. The van der Waals surface area contributed by atoms with E-state index in [1.807, 2.05) is 26.0 Å². The Morgan fingerprint density at radius 3 is 1.95 bits per heavy atom. The van der Waals surface area contributed by atoms with Gasteiger partial charge in [0.05, 0.1) is 17.2 Å². The summed E-state index contributed by atoms with van der Waals surface area (Å²) in [6.07, 6.45) is 0. The van der Waals surface area contributed by atoms with Crippen molar-refractivity contribution in [3.05, 3.63) is 92.4 Å². The van der Waals surface area contributed by atoms with Gasteiger partial charge in [-0.15, -0.1) is 0 Å². The van der Waals surface area contributed by atoms with Crippen molar-refractivity contribution in [3.63, 3.8) is 0 Å². The van der Waals surface area contributed by atoms with Crippen LogP contribution in [0, 0.1) is 0 Å². The van der Waals surface area contributed by atoms with E-state index < -0.39 is 32.0 Å². The molecule has 224 valence electrons. The van der Waals surface area contributed by atoms with Crippen molar-refractivity contribution in [3.8, 4) is 5.75 Å². The standard InChI is InChI=1S/C30H31Cl4N3O4S/c1-7-41-24-17-23(33)25(42(39,40)36-28(2,3)4)16-22(24)26-35-29(5,18-8-12-20(31)13-9-18)30(6,37(26)27(34)38)19-10-14-21(32)15-11-19/h8-17,36H,7H2,1-6H3/t29-,30+/m1/s1. The highest BCUT2D eigenvalue weighted by Gasteiger charge is 2.59. The van der Waals surface area contributed by atoms with Gasteiger partial charge in [0.1, 0.15) is 27.6 Å². The van der Waals surface area contributed by atoms with Crippen molar-refractivity contribution in [1.82, 2.24) is 9.62 Å². The fraction of sp³-hybridized carbons (Fsp3) is 0.333. The van der Waals surface area contributed by atoms with Crippen LogP contribution in [0.2, 0.25) is 15.1 Å². The third-order valence-electron chi connectivity index (χ3n) is 7.23. The van der Waals surface area contributed by atoms with Crippen LogP contribution in [0.3, 0.4) is 0 Å². The van der Waals surface area contributed by atoms with Crippen LogP contribution in [0.4, 0.5) is 4.79 Å². The molecule has 1 aliphatic heterocycles. The first-order valence-electron chi connectivity index (χ1n) is 13.1. The molecular weight excluding hydrogens is 640 g/mol. The molecule has 0 unspecified atom stereocenters. The molecule has 1 aliphatic rings. The molecule has 0 aliphatic carbocycles. The second kappa shape index (κ2) is 11.6. The van der Waals surface area contributed by atoms with Crippen LogP contribution in [0.25, 0.3) is 0 Å². The number of amidine groups is 1. The van der Waals surface area contributed by atoms with Crippen LogP contribution < -0.4 is 9.46 Å². The lowest BCUT2D eigenvalue weighted by molar-refractivity contribution is 0.149. The zero-order valence-corrected chi connectivity index (χ0v) is 27.8. The van der Waals surface area contributed by atoms with Crippen molar-refractivity contribution >= 4 is 67.6 Å². The summed E-state index contributed by atoms with van der Waals surface area (Å²) in [6.45, 7) is 10.9. The molecule has 0 fully saturated rings. The molecule has 0 saturated carbocycles.